The molecule has 4 nitrogen and oxygen atoms in total. The van der Waals surface area contributed by atoms with E-state index in [-0.39, 0.29) is 5.63 Å². The van der Waals surface area contributed by atoms with Crippen molar-refractivity contribution in [1.82, 2.24) is 4.98 Å². The van der Waals surface area contributed by atoms with Crippen molar-refractivity contribution >= 4 is 16.7 Å². The minimum Gasteiger partial charge on any atom is -0.422 e. The highest BCUT2D eigenvalue weighted by Gasteiger charge is 2.27. The maximum atomic E-state index is 12.5. The number of fused-ring (bicyclic) bond motifs is 2. The van der Waals surface area contributed by atoms with Gasteiger partial charge in [0.2, 0.25) is 0 Å². The van der Waals surface area contributed by atoms with E-state index in [1.54, 1.807) is 6.20 Å². The van der Waals surface area contributed by atoms with Crippen LogP contribution in [0.25, 0.3) is 22.2 Å². The number of aromatic nitrogens is 1. The Morgan fingerprint density at radius 1 is 1.08 bits per heavy atom. The van der Waals surface area contributed by atoms with Crippen molar-refractivity contribution in [2.75, 3.05) is 18.0 Å². The quantitative estimate of drug-likeness (QED) is 0.644. The second kappa shape index (κ2) is 5.20. The van der Waals surface area contributed by atoms with Crippen molar-refractivity contribution in [3.63, 3.8) is 0 Å². The van der Waals surface area contributed by atoms with Crippen LogP contribution in [0.4, 0.5) is 5.69 Å². The van der Waals surface area contributed by atoms with Gasteiger partial charge in [-0.2, -0.15) is 0 Å². The molecule has 0 fully saturated rings. The second-order valence-electron chi connectivity index (χ2n) is 6.64. The molecule has 0 saturated heterocycles. The lowest BCUT2D eigenvalue weighted by Gasteiger charge is -2.37. The van der Waals surface area contributed by atoms with Crippen LogP contribution in [0.3, 0.4) is 0 Å². The average molecular weight is 318 g/mol. The summed E-state index contributed by atoms with van der Waals surface area (Å²) >= 11 is 0. The maximum absolute atomic E-state index is 12.5. The van der Waals surface area contributed by atoms with Crippen LogP contribution in [-0.4, -0.2) is 18.1 Å². The molecule has 1 aromatic carbocycles. The van der Waals surface area contributed by atoms with Gasteiger partial charge in [-0.1, -0.05) is 6.07 Å². The summed E-state index contributed by atoms with van der Waals surface area (Å²) in [4.78, 5) is 19.3. The molecule has 0 radical (unpaired) electrons. The Hall–Kier alpha value is -2.62. The van der Waals surface area contributed by atoms with Crippen molar-refractivity contribution in [2.45, 2.75) is 25.7 Å². The molecule has 4 heteroatoms. The lowest BCUT2D eigenvalue weighted by Crippen LogP contribution is -2.34. The Kier molecular flexibility index (Phi) is 2.98. The molecule has 0 unspecified atom stereocenters. The van der Waals surface area contributed by atoms with Crippen molar-refractivity contribution in [1.29, 1.82) is 0 Å². The molecular formula is C20H18N2O2. The van der Waals surface area contributed by atoms with E-state index < -0.39 is 0 Å². The number of rotatable bonds is 1. The van der Waals surface area contributed by atoms with Gasteiger partial charge in [-0.25, -0.2) is 4.79 Å². The van der Waals surface area contributed by atoms with Crippen LogP contribution in [0, 0.1) is 0 Å². The fourth-order valence-electron chi connectivity index (χ4n) is 4.15. The molecule has 2 aliphatic heterocycles. The van der Waals surface area contributed by atoms with Crippen LogP contribution in [0.5, 0.6) is 0 Å². The van der Waals surface area contributed by atoms with E-state index in [4.69, 9.17) is 4.42 Å². The highest BCUT2D eigenvalue weighted by molar-refractivity contribution is 5.90. The van der Waals surface area contributed by atoms with Gasteiger partial charge in [-0.15, -0.1) is 0 Å². The van der Waals surface area contributed by atoms with E-state index in [9.17, 15) is 4.79 Å². The van der Waals surface area contributed by atoms with E-state index in [1.807, 2.05) is 24.3 Å². The Balaban J connectivity index is 1.80. The zero-order chi connectivity index (χ0) is 16.1. The van der Waals surface area contributed by atoms with Gasteiger partial charge in [-0.3, -0.25) is 4.98 Å². The maximum Gasteiger partial charge on any atom is 0.345 e. The molecule has 24 heavy (non-hydrogen) atoms. The van der Waals surface area contributed by atoms with Crippen molar-refractivity contribution < 1.29 is 4.42 Å². The zero-order valence-electron chi connectivity index (χ0n) is 13.4. The van der Waals surface area contributed by atoms with Crippen molar-refractivity contribution in [2.24, 2.45) is 0 Å². The summed E-state index contributed by atoms with van der Waals surface area (Å²) in [5.41, 5.74) is 5.62. The van der Waals surface area contributed by atoms with E-state index in [0.717, 1.165) is 43.3 Å². The molecule has 0 aliphatic carbocycles. The highest BCUT2D eigenvalue weighted by atomic mass is 16.4. The van der Waals surface area contributed by atoms with Gasteiger partial charge < -0.3 is 9.32 Å². The van der Waals surface area contributed by atoms with Gasteiger partial charge in [-0.05, 0) is 55.5 Å². The molecule has 120 valence electrons. The summed E-state index contributed by atoms with van der Waals surface area (Å²) in [6, 6.07) is 9.75. The minimum atomic E-state index is -0.301. The number of anilines is 1. The number of hydrogen-bond donors (Lipinski definition) is 0. The normalized spacial score (nSPS) is 16.2. The average Bonchev–Trinajstić information content (AvgIpc) is 2.63. The van der Waals surface area contributed by atoms with Crippen LogP contribution in [0.15, 0.2) is 45.7 Å². The third-order valence-corrected chi connectivity index (χ3v) is 5.16. The van der Waals surface area contributed by atoms with Crippen LogP contribution >= 0.6 is 0 Å². The standard InChI is InChI=1S/C20H18N2O2/c23-20-16(17-7-1-2-8-21-17)12-14-11-13-5-3-9-22-10-4-6-15(18(13)22)19(14)24-20/h1-2,7-8,11-12H,3-6,9-10H2. The summed E-state index contributed by atoms with van der Waals surface area (Å²) < 4.78 is 5.80. The molecule has 2 aromatic heterocycles. The molecule has 0 atom stereocenters. The Bertz CT molecular complexity index is 990. The number of pyridine rings is 1. The summed E-state index contributed by atoms with van der Waals surface area (Å²) in [5, 5.41) is 1.02. The Labute approximate surface area is 139 Å². The zero-order valence-corrected chi connectivity index (χ0v) is 13.4. The first-order chi connectivity index (χ1) is 11.8. The molecule has 4 heterocycles. The Morgan fingerprint density at radius 3 is 2.79 bits per heavy atom. The predicted molar refractivity (Wildman–Crippen MR) is 94.6 cm³/mol. The van der Waals surface area contributed by atoms with Gasteiger partial charge in [0.1, 0.15) is 5.58 Å². The predicted octanol–water partition coefficient (Wildman–Crippen LogP) is 3.55. The van der Waals surface area contributed by atoms with E-state index in [1.165, 1.54) is 23.2 Å². The molecular weight excluding hydrogens is 300 g/mol. The topological polar surface area (TPSA) is 46.3 Å². The van der Waals surface area contributed by atoms with E-state index >= 15 is 0 Å². The lowest BCUT2D eigenvalue weighted by molar-refractivity contribution is 0.551. The first-order valence-electron chi connectivity index (χ1n) is 8.60. The molecule has 2 aliphatic rings. The van der Waals surface area contributed by atoms with Crippen LogP contribution in [0.2, 0.25) is 0 Å². The second-order valence-corrected chi connectivity index (χ2v) is 6.64. The summed E-state index contributed by atoms with van der Waals surface area (Å²) in [6.45, 7) is 2.23. The fraction of sp³-hybridized carbons (Fsp3) is 0.300. The third-order valence-electron chi connectivity index (χ3n) is 5.16. The largest absolute Gasteiger partial charge is 0.422 e. The number of nitrogens with zero attached hydrogens (tertiary/aromatic N) is 2. The van der Waals surface area contributed by atoms with Crippen LogP contribution in [0.1, 0.15) is 24.0 Å². The first-order valence-corrected chi connectivity index (χ1v) is 8.60. The molecule has 0 bridgehead atoms. The smallest absolute Gasteiger partial charge is 0.345 e. The van der Waals surface area contributed by atoms with Gasteiger partial charge in [0, 0.05) is 35.9 Å². The molecule has 3 aromatic rings. The van der Waals surface area contributed by atoms with E-state index in [0.29, 0.717) is 11.3 Å². The van der Waals surface area contributed by atoms with Crippen molar-refractivity contribution in [3.05, 3.63) is 58.1 Å². The summed E-state index contributed by atoms with van der Waals surface area (Å²) in [7, 11) is 0. The highest BCUT2D eigenvalue weighted by Crippen LogP contribution is 2.40. The van der Waals surface area contributed by atoms with Crippen molar-refractivity contribution in [3.8, 4) is 11.3 Å². The van der Waals surface area contributed by atoms with Gasteiger partial charge in [0.05, 0.1) is 11.3 Å². The van der Waals surface area contributed by atoms with Crippen LogP contribution in [-0.2, 0) is 12.8 Å². The van der Waals surface area contributed by atoms with Gasteiger partial charge >= 0.3 is 5.63 Å². The van der Waals surface area contributed by atoms with Gasteiger partial charge in [0.25, 0.3) is 0 Å². The lowest BCUT2D eigenvalue weighted by atomic mass is 9.90. The molecule has 0 amide bonds. The number of aryl methyl sites for hydroxylation is 2. The number of benzene rings is 1. The molecule has 0 saturated carbocycles. The number of hydrogen-bond acceptors (Lipinski definition) is 4. The Morgan fingerprint density at radius 2 is 1.96 bits per heavy atom. The SMILES string of the molecule is O=c1oc2c3c4c(cc2cc1-c1ccccn1)CCCN4CCC3. The third kappa shape index (κ3) is 1.99. The van der Waals surface area contributed by atoms with E-state index in [2.05, 4.69) is 16.0 Å². The molecule has 0 N–H and O–H groups in total. The first kappa shape index (κ1) is 13.8. The summed E-state index contributed by atoms with van der Waals surface area (Å²) in [5.74, 6) is 0. The van der Waals surface area contributed by atoms with Gasteiger partial charge in [0.15, 0.2) is 0 Å². The summed E-state index contributed by atoms with van der Waals surface area (Å²) in [6.07, 6.45) is 6.11. The van der Waals surface area contributed by atoms with Crippen LogP contribution < -0.4 is 10.5 Å². The fourth-order valence-corrected chi connectivity index (χ4v) is 4.15. The molecule has 0 spiro atoms. The monoisotopic (exact) mass is 318 g/mol. The molecule has 5 rings (SSSR count). The minimum absolute atomic E-state index is 0.301.